The molecule has 0 saturated heterocycles. The zero-order valence-electron chi connectivity index (χ0n) is 11.9. The van der Waals surface area contributed by atoms with Gasteiger partial charge < -0.3 is 5.73 Å². The zero-order valence-corrected chi connectivity index (χ0v) is 11.9. The normalized spacial score (nSPS) is 10.2. The van der Waals surface area contributed by atoms with Gasteiger partial charge >= 0.3 is 0 Å². The first-order valence-corrected chi connectivity index (χ1v) is 6.90. The lowest BCUT2D eigenvalue weighted by atomic mass is 9.92. The van der Waals surface area contributed by atoms with Crippen LogP contribution in [-0.2, 0) is 12.8 Å². The van der Waals surface area contributed by atoms with Gasteiger partial charge in [0.2, 0.25) is 0 Å². The zero-order chi connectivity index (χ0) is 14.5. The summed E-state index contributed by atoms with van der Waals surface area (Å²) in [7, 11) is 0. The molecule has 0 aliphatic heterocycles. The summed E-state index contributed by atoms with van der Waals surface area (Å²) in [4.78, 5) is 7.50. The lowest BCUT2D eigenvalue weighted by Gasteiger charge is -2.15. The largest absolute Gasteiger partial charge is 0.383 e. The minimum atomic E-state index is 0.326. The number of hydrogen-bond acceptors (Lipinski definition) is 3. The molecule has 20 heavy (non-hydrogen) atoms. The molecule has 4 heteroatoms. The highest BCUT2D eigenvalue weighted by molar-refractivity contribution is 5.78. The molecule has 0 aliphatic carbocycles. The van der Waals surface area contributed by atoms with Crippen LogP contribution in [0, 0.1) is 11.3 Å². The van der Waals surface area contributed by atoms with E-state index in [1.807, 2.05) is 24.5 Å². The molecular formula is C16H19N4+. The van der Waals surface area contributed by atoms with Gasteiger partial charge in [-0.3, -0.25) is 0 Å². The van der Waals surface area contributed by atoms with Gasteiger partial charge in [-0.25, -0.2) is 9.97 Å². The second-order valence-electron chi connectivity index (χ2n) is 4.68. The molecule has 0 spiro atoms. The third-order valence-corrected chi connectivity index (χ3v) is 3.36. The van der Waals surface area contributed by atoms with E-state index in [1.165, 1.54) is 0 Å². The van der Waals surface area contributed by atoms with Crippen molar-refractivity contribution in [2.75, 3.05) is 5.73 Å². The van der Waals surface area contributed by atoms with Crippen LogP contribution in [0.3, 0.4) is 0 Å². The number of aryl methyl sites for hydroxylation is 1. The number of nitrogen functional groups attached to an aromatic ring is 1. The smallest absolute Gasteiger partial charge is 0.174 e. The minimum absolute atomic E-state index is 0.326. The van der Waals surface area contributed by atoms with Crippen LogP contribution in [0.4, 0.5) is 5.82 Å². The molecule has 4 nitrogen and oxygen atoms in total. The highest BCUT2D eigenvalue weighted by atomic mass is 14.9. The van der Waals surface area contributed by atoms with Crippen LogP contribution in [0.1, 0.15) is 37.1 Å². The SMILES string of the molecule is CCCc1nc(N)c(C#N)c(-c2ccc[nH+]c2)c1CC. The summed E-state index contributed by atoms with van der Waals surface area (Å²) in [6.07, 6.45) is 6.46. The van der Waals surface area contributed by atoms with Gasteiger partial charge in [-0.05, 0) is 24.5 Å². The lowest BCUT2D eigenvalue weighted by molar-refractivity contribution is -0.377. The number of aromatic nitrogens is 2. The first-order valence-electron chi connectivity index (χ1n) is 6.90. The van der Waals surface area contributed by atoms with Crippen molar-refractivity contribution in [2.24, 2.45) is 0 Å². The van der Waals surface area contributed by atoms with Crippen LogP contribution in [0.25, 0.3) is 11.1 Å². The average molecular weight is 267 g/mol. The predicted molar refractivity (Wildman–Crippen MR) is 78.7 cm³/mol. The quantitative estimate of drug-likeness (QED) is 0.924. The summed E-state index contributed by atoms with van der Waals surface area (Å²) in [5.41, 5.74) is 10.5. The van der Waals surface area contributed by atoms with Gasteiger partial charge in [0, 0.05) is 22.9 Å². The van der Waals surface area contributed by atoms with Gasteiger partial charge in [-0.2, -0.15) is 5.26 Å². The van der Waals surface area contributed by atoms with E-state index in [9.17, 15) is 5.26 Å². The molecule has 0 unspecified atom stereocenters. The van der Waals surface area contributed by atoms with E-state index >= 15 is 0 Å². The van der Waals surface area contributed by atoms with E-state index in [-0.39, 0.29) is 0 Å². The predicted octanol–water partition coefficient (Wildman–Crippen LogP) is 2.53. The number of hydrogen-bond donors (Lipinski definition) is 1. The number of nitrogens with one attached hydrogen (secondary N) is 1. The highest BCUT2D eigenvalue weighted by Crippen LogP contribution is 2.32. The maximum Gasteiger partial charge on any atom is 0.174 e. The summed E-state index contributed by atoms with van der Waals surface area (Å²) < 4.78 is 0. The van der Waals surface area contributed by atoms with Gasteiger partial charge in [-0.15, -0.1) is 0 Å². The van der Waals surface area contributed by atoms with Crippen molar-refractivity contribution in [3.8, 4) is 17.2 Å². The third kappa shape index (κ3) is 2.48. The van der Waals surface area contributed by atoms with Crippen molar-refractivity contribution < 1.29 is 4.98 Å². The van der Waals surface area contributed by atoms with Crippen LogP contribution in [0.15, 0.2) is 24.5 Å². The number of aromatic amines is 1. The topological polar surface area (TPSA) is 76.8 Å². The van der Waals surface area contributed by atoms with E-state index < -0.39 is 0 Å². The molecule has 0 saturated carbocycles. The molecular weight excluding hydrogens is 248 g/mol. The van der Waals surface area contributed by atoms with Gasteiger partial charge in [-0.1, -0.05) is 20.3 Å². The Morgan fingerprint density at radius 1 is 1.40 bits per heavy atom. The maximum absolute atomic E-state index is 9.42. The fourth-order valence-corrected chi connectivity index (χ4v) is 2.50. The Labute approximate surface area is 119 Å². The molecule has 0 aromatic carbocycles. The van der Waals surface area contributed by atoms with Crippen molar-refractivity contribution in [3.63, 3.8) is 0 Å². The Morgan fingerprint density at radius 3 is 2.75 bits per heavy atom. The molecule has 102 valence electrons. The molecule has 2 aromatic rings. The van der Waals surface area contributed by atoms with Crippen LogP contribution in [0.5, 0.6) is 0 Å². The van der Waals surface area contributed by atoms with E-state index in [0.29, 0.717) is 11.4 Å². The Hall–Kier alpha value is -2.41. The number of pyridine rings is 2. The monoisotopic (exact) mass is 267 g/mol. The molecule has 0 atom stereocenters. The molecule has 0 amide bonds. The second kappa shape index (κ2) is 6.16. The average Bonchev–Trinajstić information content (AvgIpc) is 2.48. The number of nitrogens with two attached hydrogens (primary N) is 1. The molecule has 0 radical (unpaired) electrons. The summed E-state index contributed by atoms with van der Waals surface area (Å²) in [5, 5.41) is 9.42. The lowest BCUT2D eigenvalue weighted by Crippen LogP contribution is -2.09. The van der Waals surface area contributed by atoms with Crippen LogP contribution in [0.2, 0.25) is 0 Å². The fraction of sp³-hybridized carbons (Fsp3) is 0.312. The van der Waals surface area contributed by atoms with Crippen molar-refractivity contribution in [3.05, 3.63) is 41.3 Å². The molecule has 2 heterocycles. The maximum atomic E-state index is 9.42. The number of H-pyrrole nitrogens is 1. The molecule has 0 fully saturated rings. The summed E-state index contributed by atoms with van der Waals surface area (Å²) in [6.45, 7) is 4.20. The van der Waals surface area contributed by atoms with Crippen molar-refractivity contribution in [1.29, 1.82) is 5.26 Å². The van der Waals surface area contributed by atoms with E-state index in [2.05, 4.69) is 29.9 Å². The van der Waals surface area contributed by atoms with Crippen LogP contribution >= 0.6 is 0 Å². The fourth-order valence-electron chi connectivity index (χ4n) is 2.50. The number of nitrogens with zero attached hydrogens (tertiary/aromatic N) is 2. The Kier molecular flexibility index (Phi) is 4.31. The van der Waals surface area contributed by atoms with Crippen molar-refractivity contribution in [1.82, 2.24) is 4.98 Å². The number of nitriles is 1. The summed E-state index contributed by atoms with van der Waals surface area (Å²) >= 11 is 0. The Bertz CT molecular complexity index is 642. The van der Waals surface area contributed by atoms with E-state index in [4.69, 9.17) is 5.73 Å². The summed E-state index contributed by atoms with van der Waals surface area (Å²) in [5.74, 6) is 0.326. The molecule has 3 N–H and O–H groups in total. The first-order chi connectivity index (χ1) is 9.72. The Balaban J connectivity index is 2.78. The molecule has 2 aromatic heterocycles. The minimum Gasteiger partial charge on any atom is -0.383 e. The molecule has 2 rings (SSSR count). The molecule has 0 aliphatic rings. The Morgan fingerprint density at radius 2 is 2.20 bits per heavy atom. The first kappa shape index (κ1) is 14.0. The van der Waals surface area contributed by atoms with Gasteiger partial charge in [0.05, 0.1) is 0 Å². The van der Waals surface area contributed by atoms with Crippen LogP contribution < -0.4 is 10.7 Å². The highest BCUT2D eigenvalue weighted by Gasteiger charge is 2.19. The number of anilines is 1. The van der Waals surface area contributed by atoms with Gasteiger partial charge in [0.1, 0.15) is 17.5 Å². The summed E-state index contributed by atoms with van der Waals surface area (Å²) in [6, 6.07) is 6.11. The van der Waals surface area contributed by atoms with E-state index in [1.54, 1.807) is 0 Å². The second-order valence-corrected chi connectivity index (χ2v) is 4.68. The standard InChI is InChI=1S/C16H18N4/c1-3-6-14-12(4-2)15(11-7-5-8-19-10-11)13(9-17)16(18)20-14/h5,7-8,10H,3-4,6H2,1-2H3,(H2,18,20)/p+1. The van der Waals surface area contributed by atoms with Crippen molar-refractivity contribution in [2.45, 2.75) is 33.1 Å². The van der Waals surface area contributed by atoms with Gasteiger partial charge in [0.25, 0.3) is 0 Å². The molecule has 0 bridgehead atoms. The van der Waals surface area contributed by atoms with Gasteiger partial charge in [0.15, 0.2) is 12.4 Å². The third-order valence-electron chi connectivity index (χ3n) is 3.36. The van der Waals surface area contributed by atoms with E-state index in [0.717, 1.165) is 41.6 Å². The number of rotatable bonds is 4. The van der Waals surface area contributed by atoms with Crippen LogP contribution in [-0.4, -0.2) is 4.98 Å². The van der Waals surface area contributed by atoms with Crippen molar-refractivity contribution >= 4 is 5.82 Å².